The lowest BCUT2D eigenvalue weighted by atomic mass is 9.97. The number of unbranched alkanes of at least 4 members (excludes halogenated alkanes) is 13. The van der Waals surface area contributed by atoms with Crippen LogP contribution in [0.2, 0.25) is 0 Å². The molecule has 0 saturated carbocycles. The zero-order valence-corrected chi connectivity index (χ0v) is 29.7. The molecule has 1 amide bonds. The quantitative estimate of drug-likeness (QED) is 0.0575. The number of carbonyl (C=O) groups is 1. The van der Waals surface area contributed by atoms with E-state index < -0.39 is 86.8 Å². The topological polar surface area (TPSA) is 228 Å². The lowest BCUT2D eigenvalue weighted by molar-refractivity contribution is -0.359. The Morgan fingerprint density at radius 3 is 1.73 bits per heavy atom. The molecular weight excluding hydrogens is 642 g/mol. The summed E-state index contributed by atoms with van der Waals surface area (Å²) in [6, 6.07) is -0.815. The smallest absolute Gasteiger partial charge is 0.220 e. The van der Waals surface area contributed by atoms with Gasteiger partial charge in [0.05, 0.1) is 32.0 Å². The molecule has 2 aliphatic heterocycles. The summed E-state index contributed by atoms with van der Waals surface area (Å²) < 4.78 is 22.5. The van der Waals surface area contributed by atoms with Crippen molar-refractivity contribution in [3.05, 3.63) is 0 Å². The molecule has 0 bridgehead atoms. The fraction of sp³-hybridized carbons (Fsp3) is 0.971. The standard InChI is InChI=1S/C35H67NO13/c1-3-5-7-9-11-13-14-16-18-24(39)23(36-27(40)19-17-15-12-10-8-6-4-2)22-46-34-32(45)30(43)33(26(21-38)48-34)49-35-31(44)29(42)28(41)25(20-37)47-35/h23-26,28-35,37-39,41-45H,3-22H2,1-2H3,(H,36,40). The SMILES string of the molecule is CCCCCCCCCCC(O)C(COC1OC(CO)C(OC2OC(CO)C(O)C(O)C2O)C(O)C1O)NC(=O)CCCCCCCCC. The van der Waals surface area contributed by atoms with E-state index in [9.17, 15) is 45.6 Å². The molecule has 14 nitrogen and oxygen atoms in total. The van der Waals surface area contributed by atoms with Gasteiger partial charge in [-0.3, -0.25) is 4.79 Å². The highest BCUT2D eigenvalue weighted by Crippen LogP contribution is 2.30. The summed E-state index contributed by atoms with van der Waals surface area (Å²) in [4.78, 5) is 12.9. The number of aliphatic hydroxyl groups is 8. The average molecular weight is 710 g/mol. The second kappa shape index (κ2) is 25.0. The third kappa shape index (κ3) is 15.2. The normalized spacial score (nSPS) is 31.8. The Hall–Kier alpha value is -1.01. The molecule has 2 rings (SSSR count). The van der Waals surface area contributed by atoms with Gasteiger partial charge in [-0.25, -0.2) is 0 Å². The molecule has 12 atom stereocenters. The highest BCUT2D eigenvalue weighted by Gasteiger charge is 2.50. The lowest BCUT2D eigenvalue weighted by Gasteiger charge is -2.46. The van der Waals surface area contributed by atoms with Gasteiger partial charge in [-0.1, -0.05) is 104 Å². The van der Waals surface area contributed by atoms with Gasteiger partial charge in [0.15, 0.2) is 12.6 Å². The molecule has 49 heavy (non-hydrogen) atoms. The number of aliphatic hydroxyl groups excluding tert-OH is 8. The van der Waals surface area contributed by atoms with Crippen LogP contribution in [0.3, 0.4) is 0 Å². The fourth-order valence-corrected chi connectivity index (χ4v) is 6.35. The molecule has 0 aromatic heterocycles. The molecule has 0 spiro atoms. The molecule has 2 fully saturated rings. The van der Waals surface area contributed by atoms with E-state index in [0.29, 0.717) is 12.8 Å². The molecular formula is C35H67NO13. The van der Waals surface area contributed by atoms with Gasteiger partial charge in [0.1, 0.15) is 48.8 Å². The first-order chi connectivity index (χ1) is 23.6. The molecule has 2 heterocycles. The molecule has 0 aliphatic carbocycles. The van der Waals surface area contributed by atoms with Crippen LogP contribution >= 0.6 is 0 Å². The second-order valence-corrected chi connectivity index (χ2v) is 13.7. The summed E-state index contributed by atoms with van der Waals surface area (Å²) in [5.74, 6) is -0.219. The average Bonchev–Trinajstić information content (AvgIpc) is 3.09. The van der Waals surface area contributed by atoms with Gasteiger partial charge < -0.3 is 65.1 Å². The predicted molar refractivity (Wildman–Crippen MR) is 180 cm³/mol. The minimum absolute atomic E-state index is 0.219. The van der Waals surface area contributed by atoms with Crippen molar-refractivity contribution >= 4 is 5.91 Å². The molecule has 0 radical (unpaired) electrons. The first-order valence-electron chi connectivity index (χ1n) is 18.8. The summed E-state index contributed by atoms with van der Waals surface area (Å²) in [5.41, 5.74) is 0. The van der Waals surface area contributed by atoms with Crippen LogP contribution in [0.5, 0.6) is 0 Å². The van der Waals surface area contributed by atoms with Gasteiger partial charge >= 0.3 is 0 Å². The highest BCUT2D eigenvalue weighted by atomic mass is 16.7. The van der Waals surface area contributed by atoms with E-state index in [1.165, 1.54) is 44.9 Å². The first kappa shape index (κ1) is 44.2. The molecule has 290 valence electrons. The van der Waals surface area contributed by atoms with E-state index in [1.54, 1.807) is 0 Å². The largest absolute Gasteiger partial charge is 0.394 e. The number of nitrogens with one attached hydrogen (secondary N) is 1. The van der Waals surface area contributed by atoms with Crippen molar-refractivity contribution in [1.82, 2.24) is 5.32 Å². The minimum atomic E-state index is -1.77. The molecule has 2 aliphatic rings. The third-order valence-corrected chi connectivity index (χ3v) is 9.57. The van der Waals surface area contributed by atoms with Crippen LogP contribution < -0.4 is 5.32 Å². The summed E-state index contributed by atoms with van der Waals surface area (Å²) in [7, 11) is 0. The van der Waals surface area contributed by atoms with Crippen molar-refractivity contribution in [2.75, 3.05) is 19.8 Å². The van der Waals surface area contributed by atoms with E-state index in [0.717, 1.165) is 51.4 Å². The van der Waals surface area contributed by atoms with E-state index in [4.69, 9.17) is 18.9 Å². The van der Waals surface area contributed by atoms with Crippen LogP contribution in [-0.4, -0.2) is 140 Å². The minimum Gasteiger partial charge on any atom is -0.394 e. The number of amides is 1. The first-order valence-corrected chi connectivity index (χ1v) is 18.8. The third-order valence-electron chi connectivity index (χ3n) is 9.57. The molecule has 0 aromatic rings. The molecule has 0 aromatic carbocycles. The Bertz CT molecular complexity index is 852. The van der Waals surface area contributed by atoms with Crippen LogP contribution in [-0.2, 0) is 23.7 Å². The number of ether oxygens (including phenoxy) is 4. The summed E-state index contributed by atoms with van der Waals surface area (Å²) >= 11 is 0. The predicted octanol–water partition coefficient (Wildman–Crippen LogP) is 1.14. The monoisotopic (exact) mass is 709 g/mol. The van der Waals surface area contributed by atoms with E-state index in [1.807, 2.05) is 0 Å². The Morgan fingerprint density at radius 1 is 0.653 bits per heavy atom. The van der Waals surface area contributed by atoms with Crippen LogP contribution in [0.25, 0.3) is 0 Å². The Morgan fingerprint density at radius 2 is 1.16 bits per heavy atom. The Labute approximate surface area is 292 Å². The van der Waals surface area contributed by atoms with Crippen LogP contribution in [0, 0.1) is 0 Å². The zero-order valence-electron chi connectivity index (χ0n) is 29.7. The van der Waals surface area contributed by atoms with Gasteiger partial charge in [-0.15, -0.1) is 0 Å². The zero-order chi connectivity index (χ0) is 36.2. The maximum Gasteiger partial charge on any atom is 0.220 e. The number of hydrogen-bond donors (Lipinski definition) is 9. The Balaban J connectivity index is 1.97. The van der Waals surface area contributed by atoms with Crippen molar-refractivity contribution in [3.63, 3.8) is 0 Å². The van der Waals surface area contributed by atoms with E-state index in [-0.39, 0.29) is 12.5 Å². The summed E-state index contributed by atoms with van der Waals surface area (Å²) in [6.07, 6.45) is 0.318. The second-order valence-electron chi connectivity index (χ2n) is 13.7. The summed E-state index contributed by atoms with van der Waals surface area (Å²) in [5, 5.41) is 85.8. The van der Waals surface area contributed by atoms with Crippen molar-refractivity contribution in [1.29, 1.82) is 0 Å². The Kier molecular flexibility index (Phi) is 22.6. The van der Waals surface area contributed by atoms with Crippen LogP contribution in [0.1, 0.15) is 123 Å². The van der Waals surface area contributed by atoms with Crippen molar-refractivity contribution in [2.24, 2.45) is 0 Å². The van der Waals surface area contributed by atoms with Crippen molar-refractivity contribution in [3.8, 4) is 0 Å². The molecule has 14 heteroatoms. The summed E-state index contributed by atoms with van der Waals surface area (Å²) in [6.45, 7) is 2.71. The fourth-order valence-electron chi connectivity index (χ4n) is 6.35. The van der Waals surface area contributed by atoms with Crippen LogP contribution in [0.4, 0.5) is 0 Å². The number of carbonyl (C=O) groups excluding carboxylic acids is 1. The lowest BCUT2D eigenvalue weighted by Crippen LogP contribution is -2.65. The van der Waals surface area contributed by atoms with Gasteiger partial charge in [-0.05, 0) is 12.8 Å². The van der Waals surface area contributed by atoms with Crippen molar-refractivity contribution in [2.45, 2.75) is 197 Å². The van der Waals surface area contributed by atoms with E-state index in [2.05, 4.69) is 19.2 Å². The number of hydrogen-bond acceptors (Lipinski definition) is 13. The maximum atomic E-state index is 12.9. The maximum absolute atomic E-state index is 12.9. The van der Waals surface area contributed by atoms with Gasteiger partial charge in [-0.2, -0.15) is 0 Å². The molecule has 9 N–H and O–H groups in total. The van der Waals surface area contributed by atoms with E-state index >= 15 is 0 Å². The van der Waals surface area contributed by atoms with Gasteiger partial charge in [0.2, 0.25) is 5.91 Å². The van der Waals surface area contributed by atoms with Gasteiger partial charge in [0, 0.05) is 6.42 Å². The highest BCUT2D eigenvalue weighted by molar-refractivity contribution is 5.76. The van der Waals surface area contributed by atoms with Crippen LogP contribution in [0.15, 0.2) is 0 Å². The van der Waals surface area contributed by atoms with Crippen molar-refractivity contribution < 1.29 is 64.6 Å². The molecule has 12 unspecified atom stereocenters. The number of rotatable bonds is 26. The molecule has 2 saturated heterocycles. The van der Waals surface area contributed by atoms with Gasteiger partial charge in [0.25, 0.3) is 0 Å².